The molecule has 2 aliphatic rings. The number of thiophene rings is 1. The molecule has 0 bridgehead atoms. The van der Waals surface area contributed by atoms with Gasteiger partial charge in [-0.3, -0.25) is 9.69 Å². The van der Waals surface area contributed by atoms with Gasteiger partial charge in [0, 0.05) is 50.6 Å². The molecule has 42 heavy (non-hydrogen) atoms. The monoisotopic (exact) mass is 602 g/mol. The minimum atomic E-state index is 0.0214. The predicted molar refractivity (Wildman–Crippen MR) is 168 cm³/mol. The van der Waals surface area contributed by atoms with E-state index in [4.69, 9.17) is 29.7 Å². The number of nitrogens with two attached hydrogens (primary N) is 1. The fourth-order valence-electron chi connectivity index (χ4n) is 4.80. The van der Waals surface area contributed by atoms with Crippen molar-refractivity contribution in [3.05, 3.63) is 40.8 Å². The second kappa shape index (κ2) is 18.2. The van der Waals surface area contributed by atoms with Crippen molar-refractivity contribution in [3.63, 3.8) is 0 Å². The van der Waals surface area contributed by atoms with Gasteiger partial charge in [-0.05, 0) is 38.1 Å². The maximum atomic E-state index is 12.1. The van der Waals surface area contributed by atoms with Gasteiger partial charge in [-0.25, -0.2) is 4.99 Å². The first kappa shape index (κ1) is 32.3. The van der Waals surface area contributed by atoms with Crippen LogP contribution in [0.2, 0.25) is 0 Å². The smallest absolute Gasteiger partial charge is 0.222 e. The number of aryl methyl sites for hydroxylation is 1. The van der Waals surface area contributed by atoms with Crippen LogP contribution in [0, 0.1) is 6.92 Å². The quantitative estimate of drug-likeness (QED) is 0.221. The molecular formula is C30H46N6O5S. The van der Waals surface area contributed by atoms with Gasteiger partial charge in [-0.15, -0.1) is 11.3 Å². The molecule has 0 atom stereocenters. The molecule has 0 radical (unpaired) electrons. The number of carbonyl (C=O) groups is 1. The van der Waals surface area contributed by atoms with Crippen LogP contribution in [0.4, 0.5) is 16.4 Å². The van der Waals surface area contributed by atoms with E-state index in [1.165, 1.54) is 10.4 Å². The first-order valence-electron chi connectivity index (χ1n) is 14.9. The Morgan fingerprint density at radius 1 is 0.976 bits per heavy atom. The van der Waals surface area contributed by atoms with E-state index in [0.29, 0.717) is 72.4 Å². The molecule has 0 saturated carbocycles. The van der Waals surface area contributed by atoms with Crippen molar-refractivity contribution < 1.29 is 23.7 Å². The van der Waals surface area contributed by atoms with Crippen molar-refractivity contribution in [3.8, 4) is 0 Å². The molecule has 232 valence electrons. The highest BCUT2D eigenvalue weighted by molar-refractivity contribution is 7.16. The van der Waals surface area contributed by atoms with Crippen molar-refractivity contribution in [2.45, 2.75) is 19.8 Å². The minimum Gasteiger partial charge on any atom is -0.379 e. The van der Waals surface area contributed by atoms with Gasteiger partial charge < -0.3 is 40.2 Å². The molecule has 1 aromatic carbocycles. The van der Waals surface area contributed by atoms with Gasteiger partial charge in [0.25, 0.3) is 0 Å². The van der Waals surface area contributed by atoms with E-state index in [-0.39, 0.29) is 5.91 Å². The zero-order chi connectivity index (χ0) is 29.4. The zero-order valence-electron chi connectivity index (χ0n) is 24.8. The third-order valence-electron chi connectivity index (χ3n) is 6.97. The standard InChI is InChI=1S/C30H46N6O5S/c1-24-23-25-29(33-26-5-2-3-6-27(26)34-30(25)42-24)36-13-11-35(12-14-36)10-4-9-32-28(37)7-15-38-17-19-40-21-22-41-20-18-39-16-8-31/h2-3,5-6,23,34H,4,7-22,31H2,1H3,(H,32,37). The summed E-state index contributed by atoms with van der Waals surface area (Å²) in [6.45, 7) is 12.1. The number of aliphatic imine (C=N–C) groups is 1. The second-order valence-corrected chi connectivity index (χ2v) is 11.5. The topological polar surface area (TPSA) is 123 Å². The fourth-order valence-corrected chi connectivity index (χ4v) is 5.72. The second-order valence-electron chi connectivity index (χ2n) is 10.2. The van der Waals surface area contributed by atoms with Crippen LogP contribution in [0.3, 0.4) is 0 Å². The molecule has 4 rings (SSSR count). The number of ether oxygens (including phenoxy) is 4. The van der Waals surface area contributed by atoms with Crippen LogP contribution in [-0.4, -0.2) is 120 Å². The maximum absolute atomic E-state index is 12.1. The zero-order valence-corrected chi connectivity index (χ0v) is 25.6. The molecule has 0 aliphatic carbocycles. The van der Waals surface area contributed by atoms with Crippen LogP contribution in [0.5, 0.6) is 0 Å². The molecule has 2 aromatic rings. The van der Waals surface area contributed by atoms with E-state index in [2.05, 4.69) is 45.6 Å². The molecule has 4 N–H and O–H groups in total. The van der Waals surface area contributed by atoms with Gasteiger partial charge in [0.05, 0.1) is 69.8 Å². The summed E-state index contributed by atoms with van der Waals surface area (Å²) in [5.41, 5.74) is 8.56. The summed E-state index contributed by atoms with van der Waals surface area (Å²) < 4.78 is 21.6. The lowest BCUT2D eigenvalue weighted by Crippen LogP contribution is -2.49. The van der Waals surface area contributed by atoms with Crippen LogP contribution >= 0.6 is 11.3 Å². The molecule has 11 nitrogen and oxygen atoms in total. The highest BCUT2D eigenvalue weighted by Gasteiger charge is 2.26. The van der Waals surface area contributed by atoms with Gasteiger partial charge in [0.2, 0.25) is 5.91 Å². The van der Waals surface area contributed by atoms with E-state index in [9.17, 15) is 4.79 Å². The Morgan fingerprint density at radius 3 is 2.36 bits per heavy atom. The third kappa shape index (κ3) is 10.6. The van der Waals surface area contributed by atoms with Crippen molar-refractivity contribution in [2.24, 2.45) is 10.7 Å². The number of hydrogen-bond donors (Lipinski definition) is 3. The highest BCUT2D eigenvalue weighted by atomic mass is 32.1. The summed E-state index contributed by atoms with van der Waals surface area (Å²) in [6, 6.07) is 10.5. The van der Waals surface area contributed by atoms with E-state index in [1.54, 1.807) is 11.3 Å². The average Bonchev–Trinajstić information content (AvgIpc) is 3.29. The van der Waals surface area contributed by atoms with Gasteiger partial charge in [-0.2, -0.15) is 0 Å². The number of amidine groups is 1. The number of amides is 1. The van der Waals surface area contributed by atoms with Crippen molar-refractivity contribution >= 4 is 39.5 Å². The summed E-state index contributed by atoms with van der Waals surface area (Å²) in [7, 11) is 0. The first-order valence-corrected chi connectivity index (χ1v) is 15.8. The highest BCUT2D eigenvalue weighted by Crippen LogP contribution is 2.39. The van der Waals surface area contributed by atoms with Crippen molar-refractivity contribution in [2.75, 3.05) is 104 Å². The third-order valence-corrected chi connectivity index (χ3v) is 7.94. The molecule has 3 heterocycles. The normalized spacial score (nSPS) is 15.0. The molecule has 1 fully saturated rings. The Labute approximate surface area is 253 Å². The number of anilines is 2. The average molecular weight is 603 g/mol. The lowest BCUT2D eigenvalue weighted by atomic mass is 10.2. The first-order chi connectivity index (χ1) is 20.6. The van der Waals surface area contributed by atoms with Crippen LogP contribution < -0.4 is 16.4 Å². The van der Waals surface area contributed by atoms with E-state index in [0.717, 1.165) is 61.4 Å². The number of para-hydroxylation sites is 2. The molecule has 0 unspecified atom stereocenters. The number of fused-ring (bicyclic) bond motifs is 2. The Hall–Kier alpha value is -2.58. The van der Waals surface area contributed by atoms with Crippen molar-refractivity contribution in [1.82, 2.24) is 15.1 Å². The number of hydrogen-bond acceptors (Lipinski definition) is 11. The molecule has 2 aliphatic heterocycles. The molecule has 0 spiro atoms. The number of nitrogens with zero attached hydrogens (tertiary/aromatic N) is 3. The lowest BCUT2D eigenvalue weighted by molar-refractivity contribution is -0.122. The Morgan fingerprint density at radius 2 is 1.64 bits per heavy atom. The molecule has 1 amide bonds. The van der Waals surface area contributed by atoms with E-state index >= 15 is 0 Å². The Bertz CT molecular complexity index is 1120. The lowest BCUT2D eigenvalue weighted by Gasteiger charge is -2.36. The van der Waals surface area contributed by atoms with Gasteiger partial charge >= 0.3 is 0 Å². The molecule has 1 aromatic heterocycles. The molecule has 1 saturated heterocycles. The maximum Gasteiger partial charge on any atom is 0.222 e. The van der Waals surface area contributed by atoms with Crippen LogP contribution in [0.1, 0.15) is 23.3 Å². The Balaban J connectivity index is 1.03. The van der Waals surface area contributed by atoms with Crippen LogP contribution in [0.25, 0.3) is 0 Å². The van der Waals surface area contributed by atoms with E-state index < -0.39 is 0 Å². The summed E-state index contributed by atoms with van der Waals surface area (Å²) in [5.74, 6) is 1.08. The predicted octanol–water partition coefficient (Wildman–Crippen LogP) is 2.73. The number of piperazine rings is 1. The van der Waals surface area contributed by atoms with Crippen molar-refractivity contribution in [1.29, 1.82) is 0 Å². The number of nitrogens with one attached hydrogen (secondary N) is 2. The number of benzene rings is 1. The van der Waals surface area contributed by atoms with Crippen LogP contribution in [0.15, 0.2) is 35.3 Å². The summed E-state index contributed by atoms with van der Waals surface area (Å²) in [5, 5.41) is 7.76. The SMILES string of the molecule is Cc1cc2c(s1)Nc1ccccc1N=C2N1CCN(CCCNC(=O)CCOCCOCCOCCOCCN)CC1. The summed E-state index contributed by atoms with van der Waals surface area (Å²) in [4.78, 5) is 23.4. The molecule has 12 heteroatoms. The van der Waals surface area contributed by atoms with E-state index in [1.807, 2.05) is 12.1 Å². The van der Waals surface area contributed by atoms with Gasteiger partial charge in [0.1, 0.15) is 10.8 Å². The number of carbonyl (C=O) groups excluding carboxylic acids is 1. The minimum absolute atomic E-state index is 0.0214. The number of rotatable bonds is 18. The van der Waals surface area contributed by atoms with Gasteiger partial charge in [-0.1, -0.05) is 12.1 Å². The summed E-state index contributed by atoms with van der Waals surface area (Å²) in [6.07, 6.45) is 1.28. The Kier molecular flexibility index (Phi) is 14.0. The summed E-state index contributed by atoms with van der Waals surface area (Å²) >= 11 is 1.78. The van der Waals surface area contributed by atoms with Gasteiger partial charge in [0.15, 0.2) is 0 Å². The fraction of sp³-hybridized carbons (Fsp3) is 0.600. The molecular weight excluding hydrogens is 556 g/mol. The van der Waals surface area contributed by atoms with Crippen LogP contribution in [-0.2, 0) is 23.7 Å². The largest absolute Gasteiger partial charge is 0.379 e.